The molecule has 1 saturated heterocycles. The summed E-state index contributed by atoms with van der Waals surface area (Å²) in [5.41, 5.74) is -0.368. The number of ketones is 1. The van der Waals surface area contributed by atoms with Gasteiger partial charge in [-0.15, -0.1) is 0 Å². The number of Topliss-reactive ketones (excluding diaryl/α,β-unsaturated/α-hetero) is 1. The molecule has 0 aromatic heterocycles. The predicted molar refractivity (Wildman–Crippen MR) is 62.7 cm³/mol. The fourth-order valence-electron chi connectivity index (χ4n) is 1.87. The Kier molecular flexibility index (Phi) is 4.21. The van der Waals surface area contributed by atoms with Crippen LogP contribution in [0.3, 0.4) is 0 Å². The molecule has 0 saturated carbocycles. The molecule has 1 aromatic rings. The van der Waals surface area contributed by atoms with Crippen molar-refractivity contribution in [2.75, 3.05) is 13.2 Å². The summed E-state index contributed by atoms with van der Waals surface area (Å²) in [4.78, 5) is 23.3. The molecule has 1 unspecified atom stereocenters. The lowest BCUT2D eigenvalue weighted by Gasteiger charge is -2.10. The van der Waals surface area contributed by atoms with Gasteiger partial charge in [0.1, 0.15) is 17.7 Å². The Morgan fingerprint density at radius 2 is 2.16 bits per heavy atom. The first-order valence-electron chi connectivity index (χ1n) is 5.95. The smallest absolute Gasteiger partial charge is 0.249 e. The third kappa shape index (κ3) is 3.35. The van der Waals surface area contributed by atoms with Gasteiger partial charge in [0.05, 0.1) is 12.1 Å². The van der Waals surface area contributed by atoms with Crippen molar-refractivity contribution in [3.8, 4) is 0 Å². The number of nitrogens with one attached hydrogen (secondary N) is 1. The molecule has 0 spiro atoms. The van der Waals surface area contributed by atoms with E-state index in [9.17, 15) is 18.4 Å². The molecule has 0 aliphatic carbocycles. The van der Waals surface area contributed by atoms with Gasteiger partial charge in [-0.2, -0.15) is 0 Å². The van der Waals surface area contributed by atoms with E-state index in [1.807, 2.05) is 0 Å². The quantitative estimate of drug-likeness (QED) is 0.841. The van der Waals surface area contributed by atoms with Crippen molar-refractivity contribution in [2.24, 2.45) is 0 Å². The highest BCUT2D eigenvalue weighted by Crippen LogP contribution is 2.12. The minimum absolute atomic E-state index is 0.368. The van der Waals surface area contributed by atoms with Crippen molar-refractivity contribution >= 4 is 11.7 Å². The van der Waals surface area contributed by atoms with Gasteiger partial charge in [0.2, 0.25) is 5.91 Å². The van der Waals surface area contributed by atoms with E-state index in [-0.39, 0.29) is 12.1 Å². The topological polar surface area (TPSA) is 55.4 Å². The number of amides is 1. The average Bonchev–Trinajstić information content (AvgIpc) is 2.92. The van der Waals surface area contributed by atoms with Gasteiger partial charge >= 0.3 is 0 Å². The van der Waals surface area contributed by atoms with Crippen molar-refractivity contribution in [3.05, 3.63) is 35.4 Å². The second kappa shape index (κ2) is 5.88. The summed E-state index contributed by atoms with van der Waals surface area (Å²) in [6.45, 7) is 0.142. The van der Waals surface area contributed by atoms with Gasteiger partial charge in [0.25, 0.3) is 0 Å². The van der Waals surface area contributed by atoms with Gasteiger partial charge in [-0.1, -0.05) is 0 Å². The van der Waals surface area contributed by atoms with Gasteiger partial charge in [-0.05, 0) is 31.0 Å². The van der Waals surface area contributed by atoms with Crippen molar-refractivity contribution in [1.82, 2.24) is 5.32 Å². The number of carbonyl (C=O) groups excluding carboxylic acids is 2. The summed E-state index contributed by atoms with van der Waals surface area (Å²) >= 11 is 0. The molecule has 2 rings (SSSR count). The molecule has 1 amide bonds. The summed E-state index contributed by atoms with van der Waals surface area (Å²) in [5, 5.41) is 2.37. The Bertz CT molecular complexity index is 499. The number of rotatable bonds is 4. The van der Waals surface area contributed by atoms with Crippen LogP contribution in [-0.2, 0) is 9.53 Å². The Labute approximate surface area is 108 Å². The molecule has 1 fully saturated rings. The van der Waals surface area contributed by atoms with Gasteiger partial charge < -0.3 is 10.1 Å². The normalized spacial score (nSPS) is 18.3. The van der Waals surface area contributed by atoms with E-state index in [1.165, 1.54) is 0 Å². The first-order valence-corrected chi connectivity index (χ1v) is 5.95. The van der Waals surface area contributed by atoms with Gasteiger partial charge in [-0.25, -0.2) is 8.78 Å². The maximum Gasteiger partial charge on any atom is 0.249 e. The predicted octanol–water partition coefficient (Wildman–Crippen LogP) is 1.44. The fourth-order valence-corrected chi connectivity index (χ4v) is 1.87. The fraction of sp³-hybridized carbons (Fsp3) is 0.385. The molecule has 0 radical (unpaired) electrons. The molecular weight excluding hydrogens is 256 g/mol. The van der Waals surface area contributed by atoms with Crippen LogP contribution in [0, 0.1) is 11.6 Å². The summed E-state index contributed by atoms with van der Waals surface area (Å²) in [5.74, 6) is -2.58. The Morgan fingerprint density at radius 3 is 2.84 bits per heavy atom. The molecule has 1 aromatic carbocycles. The molecule has 19 heavy (non-hydrogen) atoms. The molecule has 6 heteroatoms. The van der Waals surface area contributed by atoms with E-state index in [4.69, 9.17) is 4.74 Å². The first kappa shape index (κ1) is 13.6. The third-order valence-electron chi connectivity index (χ3n) is 2.87. The first-order chi connectivity index (χ1) is 9.08. The molecule has 1 atom stereocenters. The van der Waals surface area contributed by atoms with E-state index in [1.54, 1.807) is 0 Å². The maximum atomic E-state index is 13.3. The SMILES string of the molecule is O=C(CNC(=O)C1CCCO1)c1cc(F)ccc1F. The van der Waals surface area contributed by atoms with Crippen LogP contribution >= 0.6 is 0 Å². The highest BCUT2D eigenvalue weighted by Gasteiger charge is 2.24. The van der Waals surface area contributed by atoms with Gasteiger partial charge in [0.15, 0.2) is 5.78 Å². The molecule has 1 aliphatic heterocycles. The lowest BCUT2D eigenvalue weighted by molar-refractivity contribution is -0.129. The second-order valence-corrected chi connectivity index (χ2v) is 4.27. The molecule has 0 bridgehead atoms. The van der Waals surface area contributed by atoms with Gasteiger partial charge in [-0.3, -0.25) is 9.59 Å². The Hall–Kier alpha value is -1.82. The minimum Gasteiger partial charge on any atom is -0.368 e. The van der Waals surface area contributed by atoms with Crippen LogP contribution in [0.25, 0.3) is 0 Å². The van der Waals surface area contributed by atoms with Crippen LogP contribution in [0.2, 0.25) is 0 Å². The van der Waals surface area contributed by atoms with Crippen LogP contribution in [0.15, 0.2) is 18.2 Å². The zero-order chi connectivity index (χ0) is 13.8. The third-order valence-corrected chi connectivity index (χ3v) is 2.87. The number of hydrogen-bond acceptors (Lipinski definition) is 3. The number of benzene rings is 1. The van der Waals surface area contributed by atoms with Crippen molar-refractivity contribution < 1.29 is 23.1 Å². The van der Waals surface area contributed by atoms with E-state index < -0.39 is 29.4 Å². The van der Waals surface area contributed by atoms with Crippen LogP contribution in [0.4, 0.5) is 8.78 Å². The number of hydrogen-bond donors (Lipinski definition) is 1. The molecule has 1 aliphatic rings. The highest BCUT2D eigenvalue weighted by atomic mass is 19.1. The molecule has 4 nitrogen and oxygen atoms in total. The van der Waals surface area contributed by atoms with Gasteiger partial charge in [0, 0.05) is 6.61 Å². The molecular formula is C13H13F2NO3. The maximum absolute atomic E-state index is 13.3. The van der Waals surface area contributed by atoms with Crippen molar-refractivity contribution in [1.29, 1.82) is 0 Å². The average molecular weight is 269 g/mol. The number of halogens is 2. The highest BCUT2D eigenvalue weighted by molar-refractivity contribution is 5.99. The van der Waals surface area contributed by atoms with E-state index in [0.717, 1.165) is 24.6 Å². The summed E-state index contributed by atoms with van der Waals surface area (Å²) in [6, 6.07) is 2.62. The summed E-state index contributed by atoms with van der Waals surface area (Å²) in [6.07, 6.45) is 0.851. The second-order valence-electron chi connectivity index (χ2n) is 4.27. The van der Waals surface area contributed by atoms with Crippen LogP contribution in [-0.4, -0.2) is 30.9 Å². The largest absolute Gasteiger partial charge is 0.368 e. The minimum atomic E-state index is -0.808. The lowest BCUT2D eigenvalue weighted by atomic mass is 10.1. The zero-order valence-electron chi connectivity index (χ0n) is 10.1. The lowest BCUT2D eigenvalue weighted by Crippen LogP contribution is -2.37. The van der Waals surface area contributed by atoms with E-state index in [2.05, 4.69) is 5.32 Å². The Balaban J connectivity index is 1.93. The van der Waals surface area contributed by atoms with Crippen LogP contribution in [0.1, 0.15) is 23.2 Å². The molecule has 1 N–H and O–H groups in total. The van der Waals surface area contributed by atoms with E-state index >= 15 is 0 Å². The van der Waals surface area contributed by atoms with Crippen LogP contribution < -0.4 is 5.32 Å². The standard InChI is InChI=1S/C13H13F2NO3/c14-8-3-4-10(15)9(6-8)11(17)7-16-13(18)12-2-1-5-19-12/h3-4,6,12H,1-2,5,7H2,(H,16,18). The zero-order valence-corrected chi connectivity index (χ0v) is 10.1. The summed E-state index contributed by atoms with van der Waals surface area (Å²) < 4.78 is 31.4. The van der Waals surface area contributed by atoms with E-state index in [0.29, 0.717) is 13.0 Å². The Morgan fingerprint density at radius 1 is 1.37 bits per heavy atom. The number of carbonyl (C=O) groups is 2. The summed E-state index contributed by atoms with van der Waals surface area (Å²) in [7, 11) is 0. The van der Waals surface area contributed by atoms with Crippen molar-refractivity contribution in [3.63, 3.8) is 0 Å². The molecule has 102 valence electrons. The molecule has 1 heterocycles. The van der Waals surface area contributed by atoms with Crippen LogP contribution in [0.5, 0.6) is 0 Å². The number of ether oxygens (including phenoxy) is 1. The van der Waals surface area contributed by atoms with Crippen molar-refractivity contribution in [2.45, 2.75) is 18.9 Å². The monoisotopic (exact) mass is 269 g/mol.